The Hall–Kier alpha value is -3.07. The standard InChI is InChI=1S/C20H23ClN4O3.CH2O2/c21-15-4-1-2-5-18(15)28-13-20(27)25-10-6-16-17(25)12-19(26)24(16)9-3-8-23-11-7-22-14-23;2-1-3/h1-2,4-5,7,11,14,16-17H,3,6,8-10,12-13H2;1H,(H,2,3)/t16-,17-;/m0./s1. The highest BCUT2D eigenvalue weighted by atomic mass is 35.5. The lowest BCUT2D eigenvalue weighted by atomic mass is 10.1. The predicted molar refractivity (Wildman–Crippen MR) is 113 cm³/mol. The number of nitrogens with zero attached hydrogens (tertiary/aromatic N) is 4. The number of amides is 2. The van der Waals surface area contributed by atoms with Gasteiger partial charge in [-0.25, -0.2) is 4.98 Å². The highest BCUT2D eigenvalue weighted by molar-refractivity contribution is 6.32. The number of likely N-dealkylation sites (tertiary alicyclic amines) is 2. The van der Waals surface area contributed by atoms with Gasteiger partial charge in [-0.05, 0) is 25.0 Å². The van der Waals surface area contributed by atoms with Crippen LogP contribution in [0.3, 0.4) is 0 Å². The van der Waals surface area contributed by atoms with E-state index in [0.717, 1.165) is 19.4 Å². The van der Waals surface area contributed by atoms with Crippen LogP contribution in [-0.4, -0.2) is 74.5 Å². The monoisotopic (exact) mass is 448 g/mol. The number of aryl methyl sites for hydroxylation is 1. The van der Waals surface area contributed by atoms with E-state index >= 15 is 0 Å². The van der Waals surface area contributed by atoms with Gasteiger partial charge < -0.3 is 24.2 Å². The number of hydrogen-bond acceptors (Lipinski definition) is 5. The van der Waals surface area contributed by atoms with Crippen LogP contribution in [0.5, 0.6) is 5.75 Å². The fraction of sp³-hybridized carbons (Fsp3) is 0.429. The molecule has 166 valence electrons. The Kier molecular flexibility index (Phi) is 7.88. The summed E-state index contributed by atoms with van der Waals surface area (Å²) in [6.07, 6.45) is 7.54. The van der Waals surface area contributed by atoms with Gasteiger partial charge in [-0.1, -0.05) is 23.7 Å². The van der Waals surface area contributed by atoms with Crippen molar-refractivity contribution in [1.82, 2.24) is 19.4 Å². The molecule has 2 atom stereocenters. The van der Waals surface area contributed by atoms with Gasteiger partial charge in [-0.3, -0.25) is 14.4 Å². The van der Waals surface area contributed by atoms with Gasteiger partial charge in [0.25, 0.3) is 12.4 Å². The van der Waals surface area contributed by atoms with E-state index in [1.165, 1.54) is 0 Å². The number of halogens is 1. The molecular formula is C21H25ClN4O5. The molecule has 9 nitrogen and oxygen atoms in total. The zero-order valence-corrected chi connectivity index (χ0v) is 17.7. The summed E-state index contributed by atoms with van der Waals surface area (Å²) >= 11 is 6.07. The SMILES string of the molecule is O=C1C[C@H]2[C@H](CCN2C(=O)COc2ccccc2Cl)N1CCCn1ccnc1.O=CO. The first-order valence-corrected chi connectivity index (χ1v) is 10.4. The molecule has 2 aromatic rings. The number of hydrogen-bond donors (Lipinski definition) is 1. The molecule has 2 aliphatic rings. The summed E-state index contributed by atoms with van der Waals surface area (Å²) in [6.45, 7) is 1.87. The summed E-state index contributed by atoms with van der Waals surface area (Å²) in [5, 5.41) is 7.37. The molecule has 0 aliphatic carbocycles. The van der Waals surface area contributed by atoms with Crippen molar-refractivity contribution in [2.45, 2.75) is 37.9 Å². The minimum atomic E-state index is -0.250. The van der Waals surface area contributed by atoms with Crippen LogP contribution in [0.25, 0.3) is 0 Å². The number of carboxylic acid groups (broad SMARTS) is 1. The maximum atomic E-state index is 12.7. The molecule has 2 aliphatic heterocycles. The molecule has 0 unspecified atom stereocenters. The Morgan fingerprint density at radius 1 is 1.29 bits per heavy atom. The lowest BCUT2D eigenvalue weighted by molar-refractivity contribution is -0.134. The molecule has 1 N–H and O–H groups in total. The van der Waals surface area contributed by atoms with Crippen molar-refractivity contribution in [2.24, 2.45) is 0 Å². The number of fused-ring (bicyclic) bond motifs is 1. The molecule has 2 amide bonds. The lowest BCUT2D eigenvalue weighted by Crippen LogP contribution is -2.42. The molecule has 2 saturated heterocycles. The first kappa shape index (κ1) is 22.6. The van der Waals surface area contributed by atoms with Gasteiger partial charge in [0, 0.05) is 38.4 Å². The summed E-state index contributed by atoms with van der Waals surface area (Å²) in [5.74, 6) is 0.530. The molecule has 4 rings (SSSR count). The van der Waals surface area contributed by atoms with E-state index in [0.29, 0.717) is 30.3 Å². The number of ether oxygens (including phenoxy) is 1. The Balaban J connectivity index is 0.000000858. The molecular weight excluding hydrogens is 424 g/mol. The normalized spacial score (nSPS) is 19.6. The third-order valence-electron chi connectivity index (χ3n) is 5.50. The number of carbonyl (C=O) groups excluding carboxylic acids is 2. The molecule has 1 aromatic carbocycles. The zero-order valence-electron chi connectivity index (χ0n) is 17.0. The van der Waals surface area contributed by atoms with Crippen LogP contribution in [0, 0.1) is 0 Å². The summed E-state index contributed by atoms with van der Waals surface area (Å²) in [5.41, 5.74) is 0. The van der Waals surface area contributed by atoms with Crippen molar-refractivity contribution >= 4 is 29.9 Å². The number of benzene rings is 1. The molecule has 1 aromatic heterocycles. The van der Waals surface area contributed by atoms with E-state index in [-0.39, 0.29) is 37.0 Å². The second kappa shape index (κ2) is 10.8. The van der Waals surface area contributed by atoms with Gasteiger partial charge in [0.2, 0.25) is 5.91 Å². The van der Waals surface area contributed by atoms with Crippen LogP contribution in [0.1, 0.15) is 19.3 Å². The number of aromatic nitrogens is 2. The second-order valence-electron chi connectivity index (χ2n) is 7.28. The Morgan fingerprint density at radius 3 is 2.77 bits per heavy atom. The Bertz CT molecular complexity index is 892. The van der Waals surface area contributed by atoms with Crippen molar-refractivity contribution < 1.29 is 24.2 Å². The smallest absolute Gasteiger partial charge is 0.290 e. The number of rotatable bonds is 7. The van der Waals surface area contributed by atoms with E-state index in [4.69, 9.17) is 26.2 Å². The second-order valence-corrected chi connectivity index (χ2v) is 7.69. The van der Waals surface area contributed by atoms with E-state index in [2.05, 4.69) is 4.98 Å². The lowest BCUT2D eigenvalue weighted by Gasteiger charge is -2.25. The molecule has 0 spiro atoms. The van der Waals surface area contributed by atoms with Gasteiger partial charge >= 0.3 is 0 Å². The molecule has 0 bridgehead atoms. The summed E-state index contributed by atoms with van der Waals surface area (Å²) in [7, 11) is 0. The van der Waals surface area contributed by atoms with Crippen LogP contribution < -0.4 is 4.74 Å². The van der Waals surface area contributed by atoms with Crippen molar-refractivity contribution in [2.75, 3.05) is 19.7 Å². The molecule has 2 fully saturated rings. The van der Waals surface area contributed by atoms with Gasteiger partial charge in [-0.15, -0.1) is 0 Å². The van der Waals surface area contributed by atoms with E-state index in [1.54, 1.807) is 29.6 Å². The van der Waals surface area contributed by atoms with Crippen LogP contribution >= 0.6 is 11.6 Å². The van der Waals surface area contributed by atoms with Crippen LogP contribution in [0.2, 0.25) is 5.02 Å². The minimum Gasteiger partial charge on any atom is -0.483 e. The molecule has 10 heteroatoms. The summed E-state index contributed by atoms with van der Waals surface area (Å²) < 4.78 is 7.60. The van der Waals surface area contributed by atoms with Crippen LogP contribution in [-0.2, 0) is 20.9 Å². The molecule has 0 saturated carbocycles. The number of carbonyl (C=O) groups is 3. The first-order chi connectivity index (χ1) is 15.0. The number of para-hydroxylation sites is 1. The third-order valence-corrected chi connectivity index (χ3v) is 5.81. The van der Waals surface area contributed by atoms with Gasteiger partial charge in [0.1, 0.15) is 5.75 Å². The van der Waals surface area contributed by atoms with Crippen molar-refractivity contribution in [3.63, 3.8) is 0 Å². The fourth-order valence-electron chi connectivity index (χ4n) is 4.16. The molecule has 0 radical (unpaired) electrons. The Labute approximate surface area is 185 Å². The highest BCUT2D eigenvalue weighted by Crippen LogP contribution is 2.33. The van der Waals surface area contributed by atoms with Gasteiger partial charge in [0.15, 0.2) is 6.61 Å². The van der Waals surface area contributed by atoms with Crippen molar-refractivity contribution in [3.8, 4) is 5.75 Å². The minimum absolute atomic E-state index is 0.0527. The maximum absolute atomic E-state index is 12.7. The van der Waals surface area contributed by atoms with Gasteiger partial charge in [0.05, 0.1) is 23.4 Å². The summed E-state index contributed by atoms with van der Waals surface area (Å²) in [4.78, 5) is 41.3. The zero-order chi connectivity index (χ0) is 22.2. The summed E-state index contributed by atoms with van der Waals surface area (Å²) in [6, 6.07) is 7.15. The average molecular weight is 449 g/mol. The first-order valence-electron chi connectivity index (χ1n) is 10.0. The topological polar surface area (TPSA) is 105 Å². The van der Waals surface area contributed by atoms with E-state index in [9.17, 15) is 9.59 Å². The predicted octanol–water partition coefficient (Wildman–Crippen LogP) is 1.91. The van der Waals surface area contributed by atoms with Crippen molar-refractivity contribution in [1.29, 1.82) is 0 Å². The number of imidazole rings is 1. The van der Waals surface area contributed by atoms with Crippen LogP contribution in [0.4, 0.5) is 0 Å². The van der Waals surface area contributed by atoms with Crippen molar-refractivity contribution in [3.05, 3.63) is 48.0 Å². The molecule has 31 heavy (non-hydrogen) atoms. The average Bonchev–Trinajstić information content (AvgIpc) is 3.47. The van der Waals surface area contributed by atoms with Gasteiger partial charge in [-0.2, -0.15) is 0 Å². The third kappa shape index (κ3) is 5.55. The maximum Gasteiger partial charge on any atom is 0.290 e. The quantitative estimate of drug-likeness (QED) is 0.649. The Morgan fingerprint density at radius 2 is 2.06 bits per heavy atom. The van der Waals surface area contributed by atoms with Crippen LogP contribution in [0.15, 0.2) is 43.0 Å². The highest BCUT2D eigenvalue weighted by Gasteiger charge is 2.47. The fourth-order valence-corrected chi connectivity index (χ4v) is 4.35. The largest absolute Gasteiger partial charge is 0.483 e. The molecule has 3 heterocycles. The van der Waals surface area contributed by atoms with E-state index in [1.807, 2.05) is 27.8 Å². The van der Waals surface area contributed by atoms with E-state index < -0.39 is 0 Å².